The van der Waals surface area contributed by atoms with E-state index >= 15 is 0 Å². The second kappa shape index (κ2) is 10.4. The Morgan fingerprint density at radius 1 is 1.16 bits per heavy atom. The topological polar surface area (TPSA) is 52.6 Å². The summed E-state index contributed by atoms with van der Waals surface area (Å²) >= 11 is 0. The van der Waals surface area contributed by atoms with Gasteiger partial charge < -0.3 is 9.47 Å². The molecule has 0 rings (SSSR count). The summed E-state index contributed by atoms with van der Waals surface area (Å²) in [6.45, 7) is 11.3. The van der Waals surface area contributed by atoms with E-state index in [9.17, 15) is 9.59 Å². The molecule has 19 heavy (non-hydrogen) atoms. The van der Waals surface area contributed by atoms with Crippen LogP contribution in [0.5, 0.6) is 0 Å². The lowest BCUT2D eigenvalue weighted by Crippen LogP contribution is -2.13. The number of hydrogen-bond donors (Lipinski definition) is 0. The van der Waals surface area contributed by atoms with Crippen LogP contribution in [0.4, 0.5) is 0 Å². The number of unbranched alkanes of at least 4 members (excludes halogenated alkanes) is 3. The average molecular weight is 268 g/mol. The van der Waals surface area contributed by atoms with E-state index in [0.29, 0.717) is 6.61 Å². The van der Waals surface area contributed by atoms with Crippen LogP contribution in [0.3, 0.4) is 0 Å². The summed E-state index contributed by atoms with van der Waals surface area (Å²) in [7, 11) is 0. The molecule has 0 aliphatic carbocycles. The fraction of sp³-hybridized carbons (Fsp3) is 0.600. The van der Waals surface area contributed by atoms with Gasteiger partial charge in [0.05, 0.1) is 6.61 Å². The van der Waals surface area contributed by atoms with E-state index in [-0.39, 0.29) is 5.76 Å². The van der Waals surface area contributed by atoms with Crippen molar-refractivity contribution >= 4 is 11.9 Å². The number of esters is 2. The molecule has 0 unspecified atom stereocenters. The van der Waals surface area contributed by atoms with E-state index in [0.717, 1.165) is 31.3 Å². The first-order valence-electron chi connectivity index (χ1n) is 6.67. The average Bonchev–Trinajstić information content (AvgIpc) is 2.36. The molecule has 0 radical (unpaired) electrons. The minimum atomic E-state index is -0.712. The Hall–Kier alpha value is -1.58. The maximum absolute atomic E-state index is 11.3. The van der Waals surface area contributed by atoms with E-state index in [1.54, 1.807) is 0 Å². The van der Waals surface area contributed by atoms with Crippen molar-refractivity contribution in [3.8, 4) is 0 Å². The van der Waals surface area contributed by atoms with Crippen molar-refractivity contribution in [1.29, 1.82) is 0 Å². The fourth-order valence-electron chi connectivity index (χ4n) is 1.46. The summed E-state index contributed by atoms with van der Waals surface area (Å²) in [6, 6.07) is 0. The van der Waals surface area contributed by atoms with Gasteiger partial charge in [-0.3, -0.25) is 0 Å². The summed E-state index contributed by atoms with van der Waals surface area (Å²) in [5.41, 5.74) is 0. The predicted octanol–water partition coefficient (Wildman–Crippen LogP) is 3.38. The Morgan fingerprint density at radius 3 is 2.37 bits per heavy atom. The molecular formula is C15H24O4. The van der Waals surface area contributed by atoms with Crippen LogP contribution in [0, 0.1) is 5.92 Å². The number of ether oxygens (including phenoxy) is 2. The van der Waals surface area contributed by atoms with Gasteiger partial charge in [-0.05, 0) is 18.9 Å². The molecule has 0 N–H and O–H groups in total. The standard InChI is InChI=1S/C15H24O4/c1-5-14(16)19-13(4)15(17)18-11-9-7-6-8-10-12(2)3/h5,12H,1,4,6-11H2,2-3H3. The van der Waals surface area contributed by atoms with Crippen molar-refractivity contribution in [2.75, 3.05) is 6.61 Å². The fourth-order valence-corrected chi connectivity index (χ4v) is 1.46. The largest absolute Gasteiger partial charge is 0.460 e. The van der Waals surface area contributed by atoms with Gasteiger partial charge in [0, 0.05) is 6.08 Å². The van der Waals surface area contributed by atoms with Crippen molar-refractivity contribution in [2.45, 2.75) is 46.0 Å². The predicted molar refractivity (Wildman–Crippen MR) is 74.3 cm³/mol. The molecule has 0 saturated carbocycles. The van der Waals surface area contributed by atoms with Gasteiger partial charge in [-0.15, -0.1) is 0 Å². The molecule has 0 atom stereocenters. The van der Waals surface area contributed by atoms with E-state index in [4.69, 9.17) is 4.74 Å². The van der Waals surface area contributed by atoms with Crippen LogP contribution in [-0.2, 0) is 19.1 Å². The maximum Gasteiger partial charge on any atom is 0.373 e. The van der Waals surface area contributed by atoms with Crippen molar-refractivity contribution in [1.82, 2.24) is 0 Å². The van der Waals surface area contributed by atoms with E-state index < -0.39 is 11.9 Å². The lowest BCUT2D eigenvalue weighted by molar-refractivity contribution is -0.149. The van der Waals surface area contributed by atoms with Crippen molar-refractivity contribution in [3.63, 3.8) is 0 Å². The number of rotatable bonds is 10. The van der Waals surface area contributed by atoms with Gasteiger partial charge in [0.15, 0.2) is 0 Å². The SMILES string of the molecule is C=CC(=O)OC(=C)C(=O)OCCCCCCC(C)C. The lowest BCUT2D eigenvalue weighted by Gasteiger charge is -2.07. The second-order valence-corrected chi connectivity index (χ2v) is 4.78. The van der Waals surface area contributed by atoms with Crippen LogP contribution >= 0.6 is 0 Å². The molecule has 4 nitrogen and oxygen atoms in total. The van der Waals surface area contributed by atoms with Gasteiger partial charge in [-0.1, -0.05) is 46.1 Å². The number of carbonyl (C=O) groups excluding carboxylic acids is 2. The molecule has 0 saturated heterocycles. The monoisotopic (exact) mass is 268 g/mol. The zero-order chi connectivity index (χ0) is 14.7. The van der Waals surface area contributed by atoms with Gasteiger partial charge in [0.1, 0.15) is 0 Å². The van der Waals surface area contributed by atoms with Crippen LogP contribution in [0.25, 0.3) is 0 Å². The first-order chi connectivity index (χ1) is 8.97. The molecule has 0 bridgehead atoms. The molecular weight excluding hydrogens is 244 g/mol. The van der Waals surface area contributed by atoms with E-state index in [1.807, 2.05) is 0 Å². The third-order valence-electron chi connectivity index (χ3n) is 2.53. The Labute approximate surface area is 115 Å². The molecule has 0 fully saturated rings. The van der Waals surface area contributed by atoms with Crippen molar-refractivity contribution in [2.24, 2.45) is 5.92 Å². The highest BCUT2D eigenvalue weighted by atomic mass is 16.6. The quantitative estimate of drug-likeness (QED) is 0.264. The van der Waals surface area contributed by atoms with Crippen LogP contribution in [0.1, 0.15) is 46.0 Å². The minimum Gasteiger partial charge on any atom is -0.460 e. The van der Waals surface area contributed by atoms with Crippen LogP contribution in [0.15, 0.2) is 25.0 Å². The van der Waals surface area contributed by atoms with Gasteiger partial charge in [0.2, 0.25) is 5.76 Å². The van der Waals surface area contributed by atoms with Crippen LogP contribution < -0.4 is 0 Å². The maximum atomic E-state index is 11.3. The third kappa shape index (κ3) is 10.1. The molecule has 0 aliphatic rings. The lowest BCUT2D eigenvalue weighted by atomic mass is 10.0. The van der Waals surface area contributed by atoms with Crippen LogP contribution in [0.2, 0.25) is 0 Å². The van der Waals surface area contributed by atoms with Gasteiger partial charge in [-0.25, -0.2) is 9.59 Å². The summed E-state index contributed by atoms with van der Waals surface area (Å²) in [5, 5.41) is 0. The van der Waals surface area contributed by atoms with Crippen molar-refractivity contribution < 1.29 is 19.1 Å². The first kappa shape index (κ1) is 17.4. The van der Waals surface area contributed by atoms with Crippen LogP contribution in [-0.4, -0.2) is 18.5 Å². The molecule has 0 aromatic heterocycles. The molecule has 108 valence electrons. The summed E-state index contributed by atoms with van der Waals surface area (Å²) in [6.07, 6.45) is 6.38. The molecule has 0 heterocycles. The molecule has 0 aromatic carbocycles. The van der Waals surface area contributed by atoms with E-state index in [2.05, 4.69) is 31.7 Å². The summed E-state index contributed by atoms with van der Waals surface area (Å²) < 4.78 is 9.48. The normalized spacial score (nSPS) is 10.1. The Kier molecular flexibility index (Phi) is 9.49. The molecule has 0 amide bonds. The number of carbonyl (C=O) groups is 2. The molecule has 0 aromatic rings. The highest BCUT2D eigenvalue weighted by Gasteiger charge is 2.12. The highest BCUT2D eigenvalue weighted by molar-refractivity contribution is 5.91. The molecule has 4 heteroatoms. The smallest absolute Gasteiger partial charge is 0.373 e. The van der Waals surface area contributed by atoms with Gasteiger partial charge in [0.25, 0.3) is 0 Å². The van der Waals surface area contributed by atoms with Gasteiger partial charge >= 0.3 is 11.9 Å². The molecule has 0 aliphatic heterocycles. The van der Waals surface area contributed by atoms with Crippen molar-refractivity contribution in [3.05, 3.63) is 25.0 Å². The Balaban J connectivity index is 3.55. The summed E-state index contributed by atoms with van der Waals surface area (Å²) in [4.78, 5) is 22.2. The number of hydrogen-bond acceptors (Lipinski definition) is 4. The van der Waals surface area contributed by atoms with Gasteiger partial charge in [-0.2, -0.15) is 0 Å². The highest BCUT2D eigenvalue weighted by Crippen LogP contribution is 2.09. The van der Waals surface area contributed by atoms with E-state index in [1.165, 1.54) is 12.8 Å². The Bertz CT molecular complexity index is 318. The second-order valence-electron chi connectivity index (χ2n) is 4.78. The Morgan fingerprint density at radius 2 is 1.79 bits per heavy atom. The summed E-state index contributed by atoms with van der Waals surface area (Å²) in [5.74, 6) is -0.974. The zero-order valence-corrected chi connectivity index (χ0v) is 11.9. The first-order valence-corrected chi connectivity index (χ1v) is 6.67. The zero-order valence-electron chi connectivity index (χ0n) is 11.9. The minimum absolute atomic E-state index is 0.301. The molecule has 0 spiro atoms. The third-order valence-corrected chi connectivity index (χ3v) is 2.53.